The number of hydrogen-bond acceptors (Lipinski definition) is 5. The number of nitrogens with two attached hydrogens (primary N) is 1. The van der Waals surface area contributed by atoms with Crippen LogP contribution in [0.2, 0.25) is 0 Å². The van der Waals surface area contributed by atoms with E-state index in [1.165, 1.54) is 0 Å². The van der Waals surface area contributed by atoms with Crippen LogP contribution in [-0.4, -0.2) is 17.4 Å². The molecule has 0 saturated heterocycles. The number of aryl methyl sites for hydroxylation is 1. The van der Waals surface area contributed by atoms with Gasteiger partial charge in [0.05, 0.1) is 11.9 Å². The van der Waals surface area contributed by atoms with Crippen LogP contribution in [0, 0.1) is 6.92 Å². The molecule has 0 aliphatic heterocycles. The Morgan fingerprint density at radius 3 is 3.00 bits per heavy atom. The molecule has 2 rings (SSSR count). The number of aromatic nitrogens is 1. The van der Waals surface area contributed by atoms with Gasteiger partial charge in [-0.1, -0.05) is 11.6 Å². The molecule has 88 valence electrons. The minimum absolute atomic E-state index is 0.00912. The maximum atomic E-state index is 11.7. The number of amides is 1. The molecule has 1 aromatic heterocycles. The normalized spacial score (nSPS) is 10.4. The molecule has 0 fully saturated rings. The van der Waals surface area contributed by atoms with Crippen molar-refractivity contribution in [3.63, 3.8) is 0 Å². The van der Waals surface area contributed by atoms with E-state index in [0.29, 0.717) is 11.0 Å². The molecule has 0 aliphatic carbocycles. The predicted molar refractivity (Wildman–Crippen MR) is 62.7 cm³/mol. The molecule has 0 radical (unpaired) electrons. The molecule has 0 unspecified atom stereocenters. The number of primary amides is 1. The maximum Gasteiger partial charge on any atom is 0.298 e. The topological polar surface area (TPSA) is 98.2 Å². The number of carbonyl (C=O) groups is 1. The standard InChI is InChI=1S/C11H11N3O3/c1-6-2-3-8-7(4-6)10(16)14-11(17-8)13-5-9(12)15/h2-4H,5H2,1H3,(H2,12,15)(H,13,14,16). The first-order chi connectivity index (χ1) is 8.06. The average Bonchev–Trinajstić information content (AvgIpc) is 2.27. The molecule has 17 heavy (non-hydrogen) atoms. The summed E-state index contributed by atoms with van der Waals surface area (Å²) in [6.45, 7) is 1.74. The Kier molecular flexibility index (Phi) is 2.78. The van der Waals surface area contributed by atoms with Gasteiger partial charge < -0.3 is 15.5 Å². The zero-order valence-electron chi connectivity index (χ0n) is 9.19. The van der Waals surface area contributed by atoms with Gasteiger partial charge in [0.15, 0.2) is 0 Å². The summed E-state index contributed by atoms with van der Waals surface area (Å²) in [6.07, 6.45) is 0. The monoisotopic (exact) mass is 233 g/mol. The summed E-state index contributed by atoms with van der Waals surface area (Å²) in [5.74, 6) is -0.557. The van der Waals surface area contributed by atoms with Crippen LogP contribution in [-0.2, 0) is 4.79 Å². The van der Waals surface area contributed by atoms with Crippen LogP contribution >= 0.6 is 0 Å². The Morgan fingerprint density at radius 2 is 2.29 bits per heavy atom. The second-order valence-electron chi connectivity index (χ2n) is 3.64. The average molecular weight is 233 g/mol. The minimum atomic E-state index is -0.557. The highest BCUT2D eigenvalue weighted by atomic mass is 16.4. The first kappa shape index (κ1) is 11.1. The van der Waals surface area contributed by atoms with Crippen molar-refractivity contribution in [3.05, 3.63) is 34.1 Å². The van der Waals surface area contributed by atoms with Crippen LogP contribution in [0.3, 0.4) is 0 Å². The van der Waals surface area contributed by atoms with Gasteiger partial charge in [0.2, 0.25) is 5.91 Å². The molecule has 1 heterocycles. The van der Waals surface area contributed by atoms with Gasteiger partial charge in [-0.25, -0.2) is 0 Å². The molecular formula is C11H11N3O3. The number of nitrogens with one attached hydrogen (secondary N) is 1. The molecular weight excluding hydrogens is 222 g/mol. The van der Waals surface area contributed by atoms with Gasteiger partial charge in [-0.15, -0.1) is 0 Å². The van der Waals surface area contributed by atoms with Crippen LogP contribution in [0.4, 0.5) is 6.01 Å². The molecule has 1 aromatic carbocycles. The second kappa shape index (κ2) is 4.25. The van der Waals surface area contributed by atoms with E-state index in [9.17, 15) is 9.59 Å². The van der Waals surface area contributed by atoms with Gasteiger partial charge in [-0.2, -0.15) is 4.98 Å². The van der Waals surface area contributed by atoms with E-state index in [2.05, 4.69) is 10.3 Å². The minimum Gasteiger partial charge on any atom is -0.425 e. The maximum absolute atomic E-state index is 11.7. The van der Waals surface area contributed by atoms with Gasteiger partial charge in [0.1, 0.15) is 5.58 Å². The van der Waals surface area contributed by atoms with Crippen molar-refractivity contribution in [1.29, 1.82) is 0 Å². The van der Waals surface area contributed by atoms with E-state index in [-0.39, 0.29) is 12.6 Å². The molecule has 0 atom stereocenters. The van der Waals surface area contributed by atoms with Crippen molar-refractivity contribution in [3.8, 4) is 0 Å². The van der Waals surface area contributed by atoms with Crippen molar-refractivity contribution in [2.75, 3.05) is 11.9 Å². The van der Waals surface area contributed by atoms with Crippen LogP contribution in [0.5, 0.6) is 0 Å². The molecule has 0 aliphatic rings. The number of fused-ring (bicyclic) bond motifs is 1. The zero-order chi connectivity index (χ0) is 12.4. The molecule has 6 heteroatoms. The van der Waals surface area contributed by atoms with Gasteiger partial charge in [-0.05, 0) is 19.1 Å². The number of benzene rings is 1. The summed E-state index contributed by atoms with van der Waals surface area (Å²) in [7, 11) is 0. The number of nitrogens with zero attached hydrogens (tertiary/aromatic N) is 1. The number of carbonyl (C=O) groups excluding carboxylic acids is 1. The lowest BCUT2D eigenvalue weighted by Gasteiger charge is -2.03. The first-order valence-corrected chi connectivity index (χ1v) is 5.00. The molecule has 1 amide bonds. The Morgan fingerprint density at radius 1 is 1.53 bits per heavy atom. The van der Waals surface area contributed by atoms with Gasteiger partial charge in [-0.3, -0.25) is 9.59 Å². The SMILES string of the molecule is Cc1ccc2oc(NCC(N)=O)nc(=O)c2c1. The highest BCUT2D eigenvalue weighted by Gasteiger charge is 2.06. The van der Waals surface area contributed by atoms with E-state index in [4.69, 9.17) is 10.2 Å². The quantitative estimate of drug-likeness (QED) is 0.799. The molecule has 3 N–H and O–H groups in total. The number of hydrogen-bond donors (Lipinski definition) is 2. The van der Waals surface area contributed by atoms with Gasteiger partial charge in [0, 0.05) is 0 Å². The van der Waals surface area contributed by atoms with Crippen LogP contribution < -0.4 is 16.6 Å². The van der Waals surface area contributed by atoms with Crippen LogP contribution in [0.25, 0.3) is 11.0 Å². The lowest BCUT2D eigenvalue weighted by Crippen LogP contribution is -2.23. The second-order valence-corrected chi connectivity index (χ2v) is 3.64. The van der Waals surface area contributed by atoms with Gasteiger partial charge >= 0.3 is 0 Å². The summed E-state index contributed by atoms with van der Waals surface area (Å²) < 4.78 is 5.32. The first-order valence-electron chi connectivity index (χ1n) is 5.00. The fraction of sp³-hybridized carbons (Fsp3) is 0.182. The predicted octanol–water partition coefficient (Wildman–Crippen LogP) is 0.394. The van der Waals surface area contributed by atoms with Crippen molar-refractivity contribution in [2.24, 2.45) is 5.73 Å². The largest absolute Gasteiger partial charge is 0.425 e. The number of anilines is 1. The third-order valence-electron chi connectivity index (χ3n) is 2.19. The smallest absolute Gasteiger partial charge is 0.298 e. The van der Waals surface area contributed by atoms with E-state index in [0.717, 1.165) is 5.56 Å². The lowest BCUT2D eigenvalue weighted by atomic mass is 10.2. The van der Waals surface area contributed by atoms with Crippen molar-refractivity contribution in [1.82, 2.24) is 4.98 Å². The molecule has 6 nitrogen and oxygen atoms in total. The fourth-order valence-electron chi connectivity index (χ4n) is 1.42. The van der Waals surface area contributed by atoms with E-state index >= 15 is 0 Å². The highest BCUT2D eigenvalue weighted by Crippen LogP contribution is 2.14. The third-order valence-corrected chi connectivity index (χ3v) is 2.19. The van der Waals surface area contributed by atoms with E-state index in [1.807, 2.05) is 13.0 Å². The van der Waals surface area contributed by atoms with Crippen molar-refractivity contribution in [2.45, 2.75) is 6.92 Å². The summed E-state index contributed by atoms with van der Waals surface area (Å²) in [5.41, 5.74) is 5.93. The van der Waals surface area contributed by atoms with Crippen LogP contribution in [0.15, 0.2) is 27.4 Å². The Balaban J connectivity index is 2.45. The summed E-state index contributed by atoms with van der Waals surface area (Å²) in [6, 6.07) is 5.20. The van der Waals surface area contributed by atoms with Gasteiger partial charge in [0.25, 0.3) is 11.6 Å². The summed E-state index contributed by atoms with van der Waals surface area (Å²) in [4.78, 5) is 25.9. The zero-order valence-corrected chi connectivity index (χ0v) is 9.19. The Bertz CT molecular complexity index is 633. The van der Waals surface area contributed by atoms with Crippen LogP contribution in [0.1, 0.15) is 5.56 Å². The molecule has 0 saturated carbocycles. The fourth-order valence-corrected chi connectivity index (χ4v) is 1.42. The Labute approximate surface area is 96.4 Å². The highest BCUT2D eigenvalue weighted by molar-refractivity contribution is 5.79. The van der Waals surface area contributed by atoms with E-state index < -0.39 is 11.5 Å². The van der Waals surface area contributed by atoms with E-state index in [1.54, 1.807) is 12.1 Å². The molecule has 0 spiro atoms. The Hall–Kier alpha value is -2.37. The summed E-state index contributed by atoms with van der Waals surface area (Å²) >= 11 is 0. The summed E-state index contributed by atoms with van der Waals surface area (Å²) in [5, 5.41) is 2.95. The number of rotatable bonds is 3. The molecule has 0 bridgehead atoms. The lowest BCUT2D eigenvalue weighted by molar-refractivity contribution is -0.116. The third kappa shape index (κ3) is 2.41. The molecule has 2 aromatic rings. The van der Waals surface area contributed by atoms with Crippen molar-refractivity contribution < 1.29 is 9.21 Å². The van der Waals surface area contributed by atoms with Crippen molar-refractivity contribution >= 4 is 22.9 Å².